The number of ether oxygens (including phenoxy) is 1. The smallest absolute Gasteiger partial charge is 0.203 e. The van der Waals surface area contributed by atoms with Crippen LogP contribution in [0.4, 0.5) is 23.2 Å². The Morgan fingerprint density at radius 3 is 2.24 bits per heavy atom. The molecular weight excluding hydrogens is 286 g/mol. The first-order valence-corrected chi connectivity index (χ1v) is 6.29. The first-order chi connectivity index (χ1) is 9.99. The van der Waals surface area contributed by atoms with Crippen molar-refractivity contribution < 1.29 is 22.3 Å². The summed E-state index contributed by atoms with van der Waals surface area (Å²) in [6, 6.07) is 7.28. The summed E-state index contributed by atoms with van der Waals surface area (Å²) in [7, 11) is 0. The third-order valence-electron chi connectivity index (χ3n) is 2.88. The lowest BCUT2D eigenvalue weighted by Gasteiger charge is -2.09. The molecule has 0 heterocycles. The monoisotopic (exact) mass is 299 g/mol. The van der Waals surface area contributed by atoms with Crippen molar-refractivity contribution in [3.05, 3.63) is 59.2 Å². The van der Waals surface area contributed by atoms with Crippen molar-refractivity contribution in [1.29, 1.82) is 0 Å². The van der Waals surface area contributed by atoms with Gasteiger partial charge in [-0.05, 0) is 30.5 Å². The zero-order valence-corrected chi connectivity index (χ0v) is 11.0. The molecule has 0 unspecified atom stereocenters. The summed E-state index contributed by atoms with van der Waals surface area (Å²) >= 11 is 0. The summed E-state index contributed by atoms with van der Waals surface area (Å²) < 4.78 is 57.4. The van der Waals surface area contributed by atoms with Gasteiger partial charge < -0.3 is 10.5 Å². The zero-order chi connectivity index (χ0) is 15.4. The predicted octanol–water partition coefficient (Wildman–Crippen LogP) is 3.84. The molecule has 2 aromatic carbocycles. The molecule has 2 nitrogen and oxygen atoms in total. The second-order valence-corrected chi connectivity index (χ2v) is 4.49. The van der Waals surface area contributed by atoms with E-state index in [1.807, 2.05) is 6.07 Å². The van der Waals surface area contributed by atoms with Gasteiger partial charge >= 0.3 is 0 Å². The van der Waals surface area contributed by atoms with E-state index >= 15 is 0 Å². The molecule has 0 bridgehead atoms. The van der Waals surface area contributed by atoms with Gasteiger partial charge in [-0.25, -0.2) is 8.78 Å². The Bertz CT molecular complexity index is 620. The van der Waals surface area contributed by atoms with Crippen molar-refractivity contribution in [2.24, 2.45) is 0 Å². The van der Waals surface area contributed by atoms with Gasteiger partial charge in [0.1, 0.15) is 0 Å². The molecule has 0 saturated carbocycles. The quantitative estimate of drug-likeness (QED) is 0.394. The third kappa shape index (κ3) is 3.65. The average Bonchev–Trinajstić information content (AvgIpc) is 2.44. The van der Waals surface area contributed by atoms with Gasteiger partial charge in [0.25, 0.3) is 0 Å². The number of hydrogen-bond acceptors (Lipinski definition) is 2. The fraction of sp³-hybridized carbons (Fsp3) is 0.200. The first kappa shape index (κ1) is 15.2. The Labute approximate surface area is 119 Å². The Morgan fingerprint density at radius 2 is 1.62 bits per heavy atom. The van der Waals surface area contributed by atoms with Gasteiger partial charge in [0.2, 0.25) is 11.6 Å². The Morgan fingerprint density at radius 1 is 0.952 bits per heavy atom. The average molecular weight is 299 g/mol. The number of aryl methyl sites for hydroxylation is 1. The lowest BCUT2D eigenvalue weighted by atomic mass is 10.1. The summed E-state index contributed by atoms with van der Waals surface area (Å²) in [4.78, 5) is 0. The fourth-order valence-corrected chi connectivity index (χ4v) is 1.88. The molecule has 0 aliphatic rings. The van der Waals surface area contributed by atoms with E-state index in [1.54, 1.807) is 18.2 Å². The summed E-state index contributed by atoms with van der Waals surface area (Å²) in [5, 5.41) is 0. The first-order valence-electron chi connectivity index (χ1n) is 6.29. The van der Waals surface area contributed by atoms with Crippen molar-refractivity contribution in [1.82, 2.24) is 0 Å². The van der Waals surface area contributed by atoms with Crippen LogP contribution in [0.1, 0.15) is 12.0 Å². The molecule has 6 heteroatoms. The van der Waals surface area contributed by atoms with Crippen LogP contribution in [0.2, 0.25) is 0 Å². The molecule has 0 fully saturated rings. The SMILES string of the molecule is Nc1cccc(CCCOc2c(F)c(F)cc(F)c2F)c1. The third-order valence-corrected chi connectivity index (χ3v) is 2.88. The van der Waals surface area contributed by atoms with Gasteiger partial charge in [0.05, 0.1) is 6.61 Å². The molecule has 0 spiro atoms. The van der Waals surface area contributed by atoms with Crippen molar-refractivity contribution >= 4 is 5.69 Å². The molecule has 2 aromatic rings. The Kier molecular flexibility index (Phi) is 4.67. The molecule has 21 heavy (non-hydrogen) atoms. The highest BCUT2D eigenvalue weighted by Gasteiger charge is 2.20. The number of nitrogen functional groups attached to an aromatic ring is 1. The Hall–Kier alpha value is -2.24. The minimum atomic E-state index is -1.53. The van der Waals surface area contributed by atoms with Crippen LogP contribution in [0.15, 0.2) is 30.3 Å². The fourth-order valence-electron chi connectivity index (χ4n) is 1.88. The normalized spacial score (nSPS) is 10.7. The molecule has 0 amide bonds. The predicted molar refractivity (Wildman–Crippen MR) is 70.9 cm³/mol. The van der Waals surface area contributed by atoms with Gasteiger partial charge in [0.15, 0.2) is 17.4 Å². The van der Waals surface area contributed by atoms with Gasteiger partial charge in [-0.2, -0.15) is 8.78 Å². The lowest BCUT2D eigenvalue weighted by molar-refractivity contribution is 0.267. The van der Waals surface area contributed by atoms with E-state index in [4.69, 9.17) is 10.5 Å². The summed E-state index contributed by atoms with van der Waals surface area (Å²) in [6.07, 6.45) is 0.979. The summed E-state index contributed by atoms with van der Waals surface area (Å²) in [6.45, 7) is -0.0778. The molecule has 0 aromatic heterocycles. The highest BCUT2D eigenvalue weighted by molar-refractivity contribution is 5.40. The van der Waals surface area contributed by atoms with Gasteiger partial charge in [0, 0.05) is 11.8 Å². The maximum absolute atomic E-state index is 13.3. The molecule has 0 aliphatic heterocycles. The van der Waals surface area contributed by atoms with E-state index in [9.17, 15) is 17.6 Å². The van der Waals surface area contributed by atoms with E-state index in [-0.39, 0.29) is 12.7 Å². The van der Waals surface area contributed by atoms with Crippen LogP contribution in [0.5, 0.6) is 5.75 Å². The largest absolute Gasteiger partial charge is 0.487 e. The van der Waals surface area contributed by atoms with Crippen molar-refractivity contribution in [3.8, 4) is 5.75 Å². The molecule has 2 N–H and O–H groups in total. The van der Waals surface area contributed by atoms with Crippen LogP contribution in [-0.4, -0.2) is 6.61 Å². The minimum absolute atomic E-state index is 0.0778. The Balaban J connectivity index is 1.95. The van der Waals surface area contributed by atoms with Crippen LogP contribution < -0.4 is 10.5 Å². The second-order valence-electron chi connectivity index (χ2n) is 4.49. The number of hydrogen-bond donors (Lipinski definition) is 1. The van der Waals surface area contributed by atoms with Crippen LogP contribution >= 0.6 is 0 Å². The van der Waals surface area contributed by atoms with Gasteiger partial charge in [-0.3, -0.25) is 0 Å². The highest BCUT2D eigenvalue weighted by atomic mass is 19.2. The number of halogens is 4. The van der Waals surface area contributed by atoms with E-state index < -0.39 is 29.0 Å². The minimum Gasteiger partial charge on any atom is -0.487 e. The van der Waals surface area contributed by atoms with Crippen molar-refractivity contribution in [2.75, 3.05) is 12.3 Å². The lowest BCUT2D eigenvalue weighted by Crippen LogP contribution is -2.06. The van der Waals surface area contributed by atoms with E-state index in [0.717, 1.165) is 5.56 Å². The molecule has 0 radical (unpaired) electrons. The highest BCUT2D eigenvalue weighted by Crippen LogP contribution is 2.26. The van der Waals surface area contributed by atoms with Crippen molar-refractivity contribution in [2.45, 2.75) is 12.8 Å². The van der Waals surface area contributed by atoms with E-state index in [2.05, 4.69) is 0 Å². The van der Waals surface area contributed by atoms with E-state index in [0.29, 0.717) is 18.5 Å². The van der Waals surface area contributed by atoms with Gasteiger partial charge in [-0.15, -0.1) is 0 Å². The van der Waals surface area contributed by atoms with Gasteiger partial charge in [-0.1, -0.05) is 12.1 Å². The number of anilines is 1. The van der Waals surface area contributed by atoms with Crippen LogP contribution in [-0.2, 0) is 6.42 Å². The zero-order valence-electron chi connectivity index (χ0n) is 11.0. The van der Waals surface area contributed by atoms with E-state index in [1.165, 1.54) is 0 Å². The second kappa shape index (κ2) is 6.47. The maximum Gasteiger partial charge on any atom is 0.203 e. The number of rotatable bonds is 5. The molecule has 0 aliphatic carbocycles. The maximum atomic E-state index is 13.3. The molecule has 0 saturated heterocycles. The molecule has 0 atom stereocenters. The van der Waals surface area contributed by atoms with Crippen LogP contribution in [0, 0.1) is 23.3 Å². The van der Waals surface area contributed by atoms with Crippen LogP contribution in [0.3, 0.4) is 0 Å². The van der Waals surface area contributed by atoms with Crippen molar-refractivity contribution in [3.63, 3.8) is 0 Å². The molecule has 2 rings (SSSR count). The van der Waals surface area contributed by atoms with Crippen LogP contribution in [0.25, 0.3) is 0 Å². The summed E-state index contributed by atoms with van der Waals surface area (Å²) in [5.74, 6) is -7.06. The molecule has 112 valence electrons. The number of benzene rings is 2. The number of nitrogens with two attached hydrogens (primary N) is 1. The summed E-state index contributed by atoms with van der Waals surface area (Å²) in [5.41, 5.74) is 7.16. The molecular formula is C15H13F4NO. The topological polar surface area (TPSA) is 35.2 Å². The standard InChI is InChI=1S/C15H13F4NO/c16-11-8-12(17)14(19)15(13(11)18)21-6-2-4-9-3-1-5-10(20)7-9/h1,3,5,7-8H,2,4,6,20H2.